The lowest BCUT2D eigenvalue weighted by Crippen LogP contribution is -2.36. The maximum atomic E-state index is 11.8. The number of hydrogen-bond acceptors (Lipinski definition) is 3. The molecule has 1 aromatic carbocycles. The SMILES string of the molecule is Cc1cccc(C(C)C)c1NC(=O)CNC(=O)CN.Cl. The van der Waals surface area contributed by atoms with Crippen LogP contribution in [0.4, 0.5) is 5.69 Å². The molecule has 0 heterocycles. The number of nitrogens with one attached hydrogen (secondary N) is 2. The third kappa shape index (κ3) is 5.19. The van der Waals surface area contributed by atoms with E-state index in [1.807, 2.05) is 25.1 Å². The minimum absolute atomic E-state index is 0. The number of hydrogen-bond donors (Lipinski definition) is 3. The highest BCUT2D eigenvalue weighted by atomic mass is 35.5. The Morgan fingerprint density at radius 3 is 2.45 bits per heavy atom. The van der Waals surface area contributed by atoms with Gasteiger partial charge in [-0.15, -0.1) is 12.4 Å². The molecular weight excluding hydrogens is 278 g/mol. The summed E-state index contributed by atoms with van der Waals surface area (Å²) in [5.41, 5.74) is 8.06. The van der Waals surface area contributed by atoms with Crippen LogP contribution < -0.4 is 16.4 Å². The zero-order valence-corrected chi connectivity index (χ0v) is 12.8. The highest BCUT2D eigenvalue weighted by molar-refractivity contribution is 5.96. The summed E-state index contributed by atoms with van der Waals surface area (Å²) in [6.45, 7) is 5.90. The lowest BCUT2D eigenvalue weighted by Gasteiger charge is -2.16. The number of carbonyl (C=O) groups excluding carboxylic acids is 2. The molecule has 5 nitrogen and oxygen atoms in total. The summed E-state index contributed by atoms with van der Waals surface area (Å²) in [6.07, 6.45) is 0. The van der Waals surface area contributed by atoms with Gasteiger partial charge in [-0.1, -0.05) is 32.0 Å². The number of halogens is 1. The molecule has 6 heteroatoms. The van der Waals surface area contributed by atoms with Gasteiger partial charge in [0.15, 0.2) is 0 Å². The zero-order chi connectivity index (χ0) is 14.4. The van der Waals surface area contributed by atoms with Crippen LogP contribution in [-0.4, -0.2) is 24.9 Å². The normalized spacial score (nSPS) is 9.85. The van der Waals surface area contributed by atoms with E-state index >= 15 is 0 Å². The van der Waals surface area contributed by atoms with E-state index in [-0.39, 0.29) is 37.3 Å². The quantitative estimate of drug-likeness (QED) is 0.771. The standard InChI is InChI=1S/C14H21N3O2.ClH/c1-9(2)11-6-4-5-10(3)14(11)17-13(19)8-16-12(18)7-15;/h4-6,9H,7-8,15H2,1-3H3,(H,16,18)(H,17,19);1H. The molecule has 2 amide bonds. The van der Waals surface area contributed by atoms with E-state index in [1.54, 1.807) is 0 Å². The first-order valence-corrected chi connectivity index (χ1v) is 6.31. The first-order chi connectivity index (χ1) is 8.95. The van der Waals surface area contributed by atoms with Crippen molar-refractivity contribution in [3.63, 3.8) is 0 Å². The molecule has 1 aromatic rings. The van der Waals surface area contributed by atoms with E-state index in [0.717, 1.165) is 16.8 Å². The zero-order valence-electron chi connectivity index (χ0n) is 12.0. The van der Waals surface area contributed by atoms with Crippen LogP contribution in [-0.2, 0) is 9.59 Å². The second-order valence-electron chi connectivity index (χ2n) is 4.72. The van der Waals surface area contributed by atoms with E-state index in [0.29, 0.717) is 5.92 Å². The van der Waals surface area contributed by atoms with Crippen molar-refractivity contribution in [2.75, 3.05) is 18.4 Å². The van der Waals surface area contributed by atoms with Gasteiger partial charge in [-0.3, -0.25) is 9.59 Å². The van der Waals surface area contributed by atoms with Gasteiger partial charge in [-0.2, -0.15) is 0 Å². The van der Waals surface area contributed by atoms with Crippen molar-refractivity contribution >= 4 is 29.9 Å². The Kier molecular flexibility index (Phi) is 7.87. The van der Waals surface area contributed by atoms with E-state index in [2.05, 4.69) is 24.5 Å². The molecule has 0 unspecified atom stereocenters. The third-order valence-electron chi connectivity index (χ3n) is 2.82. The van der Waals surface area contributed by atoms with Gasteiger partial charge >= 0.3 is 0 Å². The Labute approximate surface area is 125 Å². The fourth-order valence-corrected chi connectivity index (χ4v) is 1.78. The van der Waals surface area contributed by atoms with Gasteiger partial charge in [0.2, 0.25) is 11.8 Å². The molecule has 4 N–H and O–H groups in total. The van der Waals surface area contributed by atoms with Crippen LogP contribution in [0.5, 0.6) is 0 Å². The largest absolute Gasteiger partial charge is 0.346 e. The molecular formula is C14H22ClN3O2. The molecule has 0 aromatic heterocycles. The summed E-state index contributed by atoms with van der Waals surface area (Å²) in [6, 6.07) is 5.90. The van der Waals surface area contributed by atoms with Crippen molar-refractivity contribution in [2.24, 2.45) is 5.73 Å². The van der Waals surface area contributed by atoms with E-state index < -0.39 is 0 Å². The van der Waals surface area contributed by atoms with Gasteiger partial charge in [0.1, 0.15) is 0 Å². The third-order valence-corrected chi connectivity index (χ3v) is 2.82. The maximum absolute atomic E-state index is 11.8. The van der Waals surface area contributed by atoms with Crippen molar-refractivity contribution in [2.45, 2.75) is 26.7 Å². The number of para-hydroxylation sites is 1. The Bertz CT molecular complexity index is 475. The Hall–Kier alpha value is -1.59. The number of benzene rings is 1. The van der Waals surface area contributed by atoms with Crippen LogP contribution >= 0.6 is 12.4 Å². The minimum Gasteiger partial charge on any atom is -0.346 e. The molecule has 0 saturated heterocycles. The van der Waals surface area contributed by atoms with Gasteiger partial charge in [0, 0.05) is 5.69 Å². The fourth-order valence-electron chi connectivity index (χ4n) is 1.78. The van der Waals surface area contributed by atoms with Gasteiger partial charge < -0.3 is 16.4 Å². The predicted molar refractivity (Wildman–Crippen MR) is 83.2 cm³/mol. The minimum atomic E-state index is -0.344. The monoisotopic (exact) mass is 299 g/mol. The lowest BCUT2D eigenvalue weighted by molar-refractivity contribution is -0.123. The van der Waals surface area contributed by atoms with Gasteiger partial charge in [-0.25, -0.2) is 0 Å². The van der Waals surface area contributed by atoms with Crippen LogP contribution in [0.3, 0.4) is 0 Å². The first kappa shape index (κ1) is 18.4. The molecule has 112 valence electrons. The van der Waals surface area contributed by atoms with Crippen molar-refractivity contribution in [3.8, 4) is 0 Å². The molecule has 0 atom stereocenters. The number of anilines is 1. The lowest BCUT2D eigenvalue weighted by atomic mass is 9.98. The average molecular weight is 300 g/mol. The summed E-state index contributed by atoms with van der Waals surface area (Å²) in [5.74, 6) is -0.282. The van der Waals surface area contributed by atoms with Crippen molar-refractivity contribution in [1.29, 1.82) is 0 Å². The number of rotatable bonds is 5. The molecule has 0 fully saturated rings. The first-order valence-electron chi connectivity index (χ1n) is 6.31. The van der Waals surface area contributed by atoms with Gasteiger partial charge in [0.25, 0.3) is 0 Å². The second kappa shape index (κ2) is 8.55. The van der Waals surface area contributed by atoms with E-state index in [9.17, 15) is 9.59 Å². The smallest absolute Gasteiger partial charge is 0.243 e. The van der Waals surface area contributed by atoms with Crippen molar-refractivity contribution in [1.82, 2.24) is 5.32 Å². The molecule has 1 rings (SSSR count). The number of aryl methyl sites for hydroxylation is 1. The Morgan fingerprint density at radius 2 is 1.90 bits per heavy atom. The van der Waals surface area contributed by atoms with E-state index in [4.69, 9.17) is 5.73 Å². The van der Waals surface area contributed by atoms with E-state index in [1.165, 1.54) is 0 Å². The summed E-state index contributed by atoms with van der Waals surface area (Å²) in [4.78, 5) is 22.8. The summed E-state index contributed by atoms with van der Waals surface area (Å²) in [5, 5.41) is 5.29. The summed E-state index contributed by atoms with van der Waals surface area (Å²) >= 11 is 0. The predicted octanol–water partition coefficient (Wildman–Crippen LogP) is 1.55. The van der Waals surface area contributed by atoms with Crippen molar-refractivity contribution < 1.29 is 9.59 Å². The number of carbonyl (C=O) groups is 2. The highest BCUT2D eigenvalue weighted by Crippen LogP contribution is 2.27. The number of nitrogens with two attached hydrogens (primary N) is 1. The number of amides is 2. The van der Waals surface area contributed by atoms with Crippen LogP contribution in [0.15, 0.2) is 18.2 Å². The Balaban J connectivity index is 0.00000361. The van der Waals surface area contributed by atoms with Crippen LogP contribution in [0, 0.1) is 6.92 Å². The van der Waals surface area contributed by atoms with Gasteiger partial charge in [0.05, 0.1) is 13.1 Å². The maximum Gasteiger partial charge on any atom is 0.243 e. The van der Waals surface area contributed by atoms with Crippen LogP contribution in [0.2, 0.25) is 0 Å². The molecule has 0 radical (unpaired) electrons. The molecule has 0 bridgehead atoms. The molecule has 0 aliphatic heterocycles. The molecule has 20 heavy (non-hydrogen) atoms. The molecule has 0 saturated carbocycles. The molecule has 0 aliphatic carbocycles. The average Bonchev–Trinajstić information content (AvgIpc) is 2.38. The highest BCUT2D eigenvalue weighted by Gasteiger charge is 2.12. The molecule has 0 spiro atoms. The van der Waals surface area contributed by atoms with Gasteiger partial charge in [-0.05, 0) is 24.0 Å². The van der Waals surface area contributed by atoms with Crippen molar-refractivity contribution in [3.05, 3.63) is 29.3 Å². The van der Waals surface area contributed by atoms with Crippen LogP contribution in [0.1, 0.15) is 30.9 Å². The Morgan fingerprint density at radius 1 is 1.25 bits per heavy atom. The second-order valence-corrected chi connectivity index (χ2v) is 4.72. The summed E-state index contributed by atoms with van der Waals surface area (Å²) < 4.78 is 0. The fraction of sp³-hybridized carbons (Fsp3) is 0.429. The summed E-state index contributed by atoms with van der Waals surface area (Å²) in [7, 11) is 0. The topological polar surface area (TPSA) is 84.2 Å². The van der Waals surface area contributed by atoms with Crippen LogP contribution in [0.25, 0.3) is 0 Å². The molecule has 0 aliphatic rings.